The van der Waals surface area contributed by atoms with Crippen LogP contribution in [-0.4, -0.2) is 17.0 Å². The molecule has 0 aliphatic carbocycles. The van der Waals surface area contributed by atoms with E-state index in [4.69, 9.17) is 5.26 Å². The number of alkyl halides is 1. The number of nitrogens with one attached hydrogen (secondary N) is 1. The van der Waals surface area contributed by atoms with Crippen molar-refractivity contribution in [2.45, 2.75) is 37.0 Å². The van der Waals surface area contributed by atoms with Crippen LogP contribution in [0.3, 0.4) is 0 Å². The monoisotopic (exact) mass is 261 g/mol. The molecule has 3 atom stereocenters. The van der Waals surface area contributed by atoms with E-state index in [1.54, 1.807) is 25.1 Å². The lowest BCUT2D eigenvalue weighted by atomic mass is 9.72. The zero-order valence-electron chi connectivity index (χ0n) is 10.7. The standard InChI is InChI=1S/C14H13F2N3/c1-12(16)7-14(8-17)11(19-14)18-13(12,2)9-5-3-4-6-10(9)15/h3-6H,7H2,1-2H3,(H,18,19)/t12-,13+,14?/m0/s1. The molecule has 1 saturated heterocycles. The van der Waals surface area contributed by atoms with Gasteiger partial charge in [0.1, 0.15) is 22.9 Å². The highest BCUT2D eigenvalue weighted by Crippen LogP contribution is 2.51. The first-order valence-corrected chi connectivity index (χ1v) is 6.08. The summed E-state index contributed by atoms with van der Waals surface area (Å²) in [7, 11) is 0. The van der Waals surface area contributed by atoms with Crippen molar-refractivity contribution in [3.05, 3.63) is 35.6 Å². The van der Waals surface area contributed by atoms with Gasteiger partial charge in [0.15, 0.2) is 5.54 Å². The topological polar surface area (TPSA) is 58.1 Å². The maximum Gasteiger partial charge on any atom is 0.187 e. The molecule has 1 fully saturated rings. The van der Waals surface area contributed by atoms with Gasteiger partial charge in [0.2, 0.25) is 0 Å². The molecule has 3 nitrogen and oxygen atoms in total. The quantitative estimate of drug-likeness (QED) is 0.789. The molecule has 0 spiro atoms. The van der Waals surface area contributed by atoms with E-state index in [1.165, 1.54) is 13.0 Å². The van der Waals surface area contributed by atoms with Gasteiger partial charge in [-0.2, -0.15) is 5.26 Å². The van der Waals surface area contributed by atoms with Crippen molar-refractivity contribution in [2.24, 2.45) is 4.99 Å². The fourth-order valence-electron chi connectivity index (χ4n) is 2.75. The van der Waals surface area contributed by atoms with E-state index in [0.717, 1.165) is 0 Å². The molecule has 1 N–H and O–H groups in total. The van der Waals surface area contributed by atoms with E-state index in [1.807, 2.05) is 6.07 Å². The van der Waals surface area contributed by atoms with Crippen LogP contribution in [0.4, 0.5) is 8.78 Å². The summed E-state index contributed by atoms with van der Waals surface area (Å²) in [5.74, 6) is -0.0285. The van der Waals surface area contributed by atoms with E-state index in [0.29, 0.717) is 5.84 Å². The average molecular weight is 261 g/mol. The Kier molecular flexibility index (Phi) is 2.12. The molecule has 0 amide bonds. The van der Waals surface area contributed by atoms with Gasteiger partial charge in [-0.05, 0) is 19.9 Å². The normalized spacial score (nSPS) is 39.6. The summed E-state index contributed by atoms with van der Waals surface area (Å²) < 4.78 is 29.0. The van der Waals surface area contributed by atoms with E-state index in [-0.39, 0.29) is 12.0 Å². The number of rotatable bonds is 1. The number of fused-ring (bicyclic) bond motifs is 1. The molecule has 1 aromatic carbocycles. The predicted molar refractivity (Wildman–Crippen MR) is 66.8 cm³/mol. The summed E-state index contributed by atoms with van der Waals surface area (Å²) in [4.78, 5) is 4.28. The number of benzene rings is 1. The summed E-state index contributed by atoms with van der Waals surface area (Å²) in [6.45, 7) is 2.94. The molecule has 3 rings (SSSR count). The molecule has 0 radical (unpaired) electrons. The van der Waals surface area contributed by atoms with Crippen molar-refractivity contribution >= 4 is 5.84 Å². The summed E-state index contributed by atoms with van der Waals surface area (Å²) in [6, 6.07) is 8.09. The van der Waals surface area contributed by atoms with Gasteiger partial charge in [-0.15, -0.1) is 0 Å². The molecule has 2 heterocycles. The van der Waals surface area contributed by atoms with Crippen LogP contribution in [-0.2, 0) is 5.54 Å². The molecule has 1 aromatic rings. The van der Waals surface area contributed by atoms with Crippen molar-refractivity contribution in [1.82, 2.24) is 5.32 Å². The van der Waals surface area contributed by atoms with Crippen molar-refractivity contribution < 1.29 is 8.78 Å². The number of hydrogen-bond donors (Lipinski definition) is 1. The number of amidine groups is 1. The summed E-state index contributed by atoms with van der Waals surface area (Å²) in [5.41, 5.74) is -3.91. The minimum absolute atomic E-state index is 0.0276. The van der Waals surface area contributed by atoms with Crippen LogP contribution in [0.5, 0.6) is 0 Å². The second kappa shape index (κ2) is 3.32. The molecular weight excluding hydrogens is 248 g/mol. The summed E-state index contributed by atoms with van der Waals surface area (Å²) >= 11 is 0. The predicted octanol–water partition coefficient (Wildman–Crippen LogP) is 2.44. The minimum atomic E-state index is -1.81. The first-order chi connectivity index (χ1) is 8.85. The van der Waals surface area contributed by atoms with Crippen LogP contribution in [0, 0.1) is 17.1 Å². The summed E-state index contributed by atoms with van der Waals surface area (Å²) in [6.07, 6.45) is -0.0276. The Balaban J connectivity index is 2.18. The van der Waals surface area contributed by atoms with Gasteiger partial charge in [0.05, 0.1) is 6.07 Å². The second-order valence-corrected chi connectivity index (χ2v) is 5.53. The lowest BCUT2D eigenvalue weighted by Gasteiger charge is -2.40. The molecule has 0 aromatic heterocycles. The van der Waals surface area contributed by atoms with Crippen LogP contribution in [0.15, 0.2) is 29.3 Å². The molecule has 1 unspecified atom stereocenters. The summed E-state index contributed by atoms with van der Waals surface area (Å²) in [5, 5.41) is 11.9. The molecule has 0 bridgehead atoms. The Morgan fingerprint density at radius 3 is 2.68 bits per heavy atom. The van der Waals surface area contributed by atoms with Gasteiger partial charge in [0, 0.05) is 12.0 Å². The third-order valence-corrected chi connectivity index (χ3v) is 4.21. The van der Waals surface area contributed by atoms with Gasteiger partial charge < -0.3 is 5.32 Å². The van der Waals surface area contributed by atoms with E-state index in [9.17, 15) is 4.39 Å². The number of hydrogen-bond acceptors (Lipinski definition) is 3. The zero-order valence-corrected chi connectivity index (χ0v) is 10.7. The third kappa shape index (κ3) is 1.43. The number of aliphatic imine (C=N–C) groups is 1. The molecular formula is C14H13F2N3. The second-order valence-electron chi connectivity index (χ2n) is 5.53. The first-order valence-electron chi connectivity index (χ1n) is 6.08. The Labute approximate surface area is 110 Å². The maximum atomic E-state index is 15.0. The molecule has 2 aliphatic rings. The van der Waals surface area contributed by atoms with Gasteiger partial charge in [-0.1, -0.05) is 18.2 Å². The Morgan fingerprint density at radius 2 is 2.05 bits per heavy atom. The SMILES string of the molecule is C[C@]1(F)CC2(C#N)NC2=N[C@]1(C)c1ccccc1F. The fourth-order valence-corrected chi connectivity index (χ4v) is 2.75. The molecule has 2 aliphatic heterocycles. The zero-order chi connectivity index (χ0) is 13.9. The van der Waals surface area contributed by atoms with Crippen LogP contribution < -0.4 is 5.32 Å². The van der Waals surface area contributed by atoms with Gasteiger partial charge >= 0.3 is 0 Å². The van der Waals surface area contributed by atoms with Crippen LogP contribution in [0.25, 0.3) is 0 Å². The molecule has 98 valence electrons. The van der Waals surface area contributed by atoms with Gasteiger partial charge in [-0.3, -0.25) is 4.99 Å². The molecule has 0 saturated carbocycles. The third-order valence-electron chi connectivity index (χ3n) is 4.21. The van der Waals surface area contributed by atoms with E-state index < -0.39 is 22.6 Å². The number of halogens is 2. The fraction of sp³-hybridized carbons (Fsp3) is 0.429. The van der Waals surface area contributed by atoms with Crippen LogP contribution >= 0.6 is 0 Å². The van der Waals surface area contributed by atoms with Crippen molar-refractivity contribution in [3.63, 3.8) is 0 Å². The minimum Gasteiger partial charge on any atom is -0.347 e. The highest BCUT2D eigenvalue weighted by molar-refractivity contribution is 6.10. The number of nitriles is 1. The first kappa shape index (κ1) is 12.1. The van der Waals surface area contributed by atoms with Crippen molar-refractivity contribution in [3.8, 4) is 6.07 Å². The molecule has 19 heavy (non-hydrogen) atoms. The van der Waals surface area contributed by atoms with Crippen molar-refractivity contribution in [2.75, 3.05) is 0 Å². The highest BCUT2D eigenvalue weighted by atomic mass is 19.1. The highest BCUT2D eigenvalue weighted by Gasteiger charge is 2.65. The lowest BCUT2D eigenvalue weighted by molar-refractivity contribution is 0.0636. The number of nitrogens with zero attached hydrogens (tertiary/aromatic N) is 2. The van der Waals surface area contributed by atoms with Crippen LogP contribution in [0.2, 0.25) is 0 Å². The Bertz CT molecular complexity index is 632. The van der Waals surface area contributed by atoms with Crippen molar-refractivity contribution in [1.29, 1.82) is 5.26 Å². The van der Waals surface area contributed by atoms with E-state index in [2.05, 4.69) is 10.3 Å². The molecule has 5 heteroatoms. The average Bonchev–Trinajstić information content (AvgIpc) is 3.02. The Morgan fingerprint density at radius 1 is 1.37 bits per heavy atom. The smallest absolute Gasteiger partial charge is 0.187 e. The van der Waals surface area contributed by atoms with Gasteiger partial charge in [0.25, 0.3) is 0 Å². The van der Waals surface area contributed by atoms with E-state index >= 15 is 4.39 Å². The largest absolute Gasteiger partial charge is 0.347 e. The lowest BCUT2D eigenvalue weighted by Crippen LogP contribution is -2.49. The maximum absolute atomic E-state index is 15.0. The Hall–Kier alpha value is -1.96. The van der Waals surface area contributed by atoms with Gasteiger partial charge in [-0.25, -0.2) is 8.78 Å². The van der Waals surface area contributed by atoms with Crippen LogP contribution in [0.1, 0.15) is 25.8 Å².